The summed E-state index contributed by atoms with van der Waals surface area (Å²) < 4.78 is 16.7. The molecule has 370 valence electrons. The average molecular weight is 903 g/mol. The summed E-state index contributed by atoms with van der Waals surface area (Å²) in [6, 6.07) is 0. The summed E-state index contributed by atoms with van der Waals surface area (Å²) in [5.74, 6) is -1.00. The molecule has 65 heavy (non-hydrogen) atoms. The lowest BCUT2D eigenvalue weighted by molar-refractivity contribution is -0.166. The van der Waals surface area contributed by atoms with Crippen molar-refractivity contribution in [3.05, 3.63) is 97.2 Å². The predicted octanol–water partition coefficient (Wildman–Crippen LogP) is 17.8. The molecule has 0 saturated heterocycles. The first-order valence-corrected chi connectivity index (χ1v) is 26.7. The van der Waals surface area contributed by atoms with Crippen molar-refractivity contribution >= 4 is 17.9 Å². The lowest BCUT2D eigenvalue weighted by Crippen LogP contribution is -2.30. The third kappa shape index (κ3) is 51.2. The van der Waals surface area contributed by atoms with Gasteiger partial charge in [0.15, 0.2) is 6.10 Å². The second-order valence-electron chi connectivity index (χ2n) is 17.4. The number of unbranched alkanes of at least 4 members (excludes halogenated alkanes) is 20. The molecule has 0 N–H and O–H groups in total. The highest BCUT2D eigenvalue weighted by molar-refractivity contribution is 5.71. The molecule has 0 aliphatic carbocycles. The first-order valence-electron chi connectivity index (χ1n) is 26.7. The Balaban J connectivity index is 4.47. The van der Waals surface area contributed by atoms with Gasteiger partial charge in [-0.25, -0.2) is 0 Å². The Kier molecular flexibility index (Phi) is 50.0. The second kappa shape index (κ2) is 52.9. The SMILES string of the molecule is CC/C=C\C/C=C\C/C=C\C/C=C\C/C=C\C/C=C\CCC(=O)OCC(COC(=O)CCCCCCCCCCCC)OC(=O)CCCCCCCCC/C=C\C/C=C\CCCCCC. The molecule has 0 bridgehead atoms. The highest BCUT2D eigenvalue weighted by Crippen LogP contribution is 2.14. The van der Waals surface area contributed by atoms with Gasteiger partial charge in [0.2, 0.25) is 0 Å². The predicted molar refractivity (Wildman–Crippen MR) is 279 cm³/mol. The number of allylic oxidation sites excluding steroid dienone is 16. The fourth-order valence-corrected chi connectivity index (χ4v) is 7.09. The Hall–Kier alpha value is -3.67. The molecule has 0 heterocycles. The lowest BCUT2D eigenvalue weighted by atomic mass is 10.1. The molecule has 6 nitrogen and oxygen atoms in total. The number of hydrogen-bond donors (Lipinski definition) is 0. The van der Waals surface area contributed by atoms with Crippen molar-refractivity contribution in [3.63, 3.8) is 0 Å². The van der Waals surface area contributed by atoms with E-state index in [2.05, 4.69) is 112 Å². The van der Waals surface area contributed by atoms with Gasteiger partial charge in [-0.05, 0) is 89.9 Å². The molecule has 0 spiro atoms. The van der Waals surface area contributed by atoms with Crippen LogP contribution in [0.3, 0.4) is 0 Å². The molecule has 0 aromatic heterocycles. The van der Waals surface area contributed by atoms with Crippen molar-refractivity contribution in [1.29, 1.82) is 0 Å². The van der Waals surface area contributed by atoms with E-state index in [0.717, 1.165) is 89.9 Å². The Morgan fingerprint density at radius 2 is 0.631 bits per heavy atom. The normalized spacial score (nSPS) is 12.8. The summed E-state index contributed by atoms with van der Waals surface area (Å²) in [6.45, 7) is 6.42. The first-order chi connectivity index (χ1) is 32.0. The number of carbonyl (C=O) groups excluding carboxylic acids is 3. The quantitative estimate of drug-likeness (QED) is 0.0262. The van der Waals surface area contributed by atoms with Gasteiger partial charge < -0.3 is 14.2 Å². The number of hydrogen-bond acceptors (Lipinski definition) is 6. The Morgan fingerprint density at radius 3 is 1.05 bits per heavy atom. The molecule has 0 fully saturated rings. The fourth-order valence-electron chi connectivity index (χ4n) is 7.09. The van der Waals surface area contributed by atoms with E-state index < -0.39 is 6.10 Å². The van der Waals surface area contributed by atoms with Crippen molar-refractivity contribution in [3.8, 4) is 0 Å². The summed E-state index contributed by atoms with van der Waals surface area (Å²) in [6.07, 6.45) is 69.7. The Bertz CT molecular complexity index is 1310. The summed E-state index contributed by atoms with van der Waals surface area (Å²) in [7, 11) is 0. The summed E-state index contributed by atoms with van der Waals surface area (Å²) in [4.78, 5) is 37.9. The van der Waals surface area contributed by atoms with E-state index >= 15 is 0 Å². The molecule has 0 aromatic carbocycles. The van der Waals surface area contributed by atoms with E-state index in [-0.39, 0.29) is 37.5 Å². The number of rotatable bonds is 47. The van der Waals surface area contributed by atoms with Crippen LogP contribution in [0, 0.1) is 0 Å². The number of esters is 3. The monoisotopic (exact) mass is 903 g/mol. The van der Waals surface area contributed by atoms with Crippen LogP contribution >= 0.6 is 0 Å². The zero-order chi connectivity index (χ0) is 47.2. The molecule has 0 aliphatic rings. The maximum absolute atomic E-state index is 12.8. The van der Waals surface area contributed by atoms with Gasteiger partial charge in [-0.3, -0.25) is 14.4 Å². The van der Waals surface area contributed by atoms with Crippen LogP contribution in [0.5, 0.6) is 0 Å². The standard InChI is InChI=1S/C59H98O6/c1-4-7-10-13-16-19-22-24-26-28-30-32-33-35-37-40-43-46-49-52-58(61)64-55-56(54-63-57(60)51-48-45-42-39-21-18-15-12-9-6-3)65-59(62)53-50-47-44-41-38-36-34-31-29-27-25-23-20-17-14-11-8-5-2/h7,10,16,19-20,23-24,26-27,29-30,32,35,37,43,46,56H,4-6,8-9,11-15,17-18,21-22,25,28,31,33-34,36,38-42,44-45,47-55H2,1-3H3/b10-7-,19-16-,23-20-,26-24-,29-27-,32-30-,37-35-,46-43-. The van der Waals surface area contributed by atoms with Crippen molar-refractivity contribution in [2.45, 2.75) is 245 Å². The molecule has 6 heteroatoms. The maximum atomic E-state index is 12.8. The third-order valence-electron chi connectivity index (χ3n) is 11.1. The number of ether oxygens (including phenoxy) is 3. The molecule has 0 saturated carbocycles. The molecule has 0 amide bonds. The van der Waals surface area contributed by atoms with Crippen LogP contribution in [0.1, 0.15) is 239 Å². The van der Waals surface area contributed by atoms with E-state index in [0.29, 0.717) is 19.3 Å². The van der Waals surface area contributed by atoms with Gasteiger partial charge in [-0.2, -0.15) is 0 Å². The zero-order valence-corrected chi connectivity index (χ0v) is 42.2. The second-order valence-corrected chi connectivity index (χ2v) is 17.4. The van der Waals surface area contributed by atoms with Gasteiger partial charge in [0.05, 0.1) is 0 Å². The smallest absolute Gasteiger partial charge is 0.306 e. The molecule has 0 radical (unpaired) electrons. The van der Waals surface area contributed by atoms with E-state index in [9.17, 15) is 14.4 Å². The Labute approximate surface area is 400 Å². The van der Waals surface area contributed by atoms with Crippen LogP contribution in [0.15, 0.2) is 97.2 Å². The van der Waals surface area contributed by atoms with Gasteiger partial charge in [0.25, 0.3) is 0 Å². The van der Waals surface area contributed by atoms with Crippen LogP contribution in [0.2, 0.25) is 0 Å². The molecule has 0 aliphatic heterocycles. The van der Waals surface area contributed by atoms with E-state index in [1.807, 2.05) is 6.08 Å². The minimum absolute atomic E-state index is 0.103. The minimum atomic E-state index is -0.811. The molecular formula is C59H98O6. The van der Waals surface area contributed by atoms with E-state index in [4.69, 9.17) is 14.2 Å². The summed E-state index contributed by atoms with van der Waals surface area (Å²) in [5, 5.41) is 0. The molecule has 0 rings (SSSR count). The van der Waals surface area contributed by atoms with Crippen molar-refractivity contribution in [2.24, 2.45) is 0 Å². The topological polar surface area (TPSA) is 78.9 Å². The summed E-state index contributed by atoms with van der Waals surface area (Å²) in [5.41, 5.74) is 0. The molecule has 0 aromatic rings. The average Bonchev–Trinajstić information content (AvgIpc) is 3.30. The van der Waals surface area contributed by atoms with Gasteiger partial charge in [-0.15, -0.1) is 0 Å². The van der Waals surface area contributed by atoms with Crippen LogP contribution in [0.4, 0.5) is 0 Å². The van der Waals surface area contributed by atoms with Crippen molar-refractivity contribution < 1.29 is 28.6 Å². The fraction of sp³-hybridized carbons (Fsp3) is 0.678. The van der Waals surface area contributed by atoms with Crippen LogP contribution in [0.25, 0.3) is 0 Å². The minimum Gasteiger partial charge on any atom is -0.462 e. The lowest BCUT2D eigenvalue weighted by Gasteiger charge is -2.18. The van der Waals surface area contributed by atoms with Crippen molar-refractivity contribution in [2.75, 3.05) is 13.2 Å². The zero-order valence-electron chi connectivity index (χ0n) is 42.2. The molecule has 1 atom stereocenters. The number of carbonyl (C=O) groups is 3. The highest BCUT2D eigenvalue weighted by atomic mass is 16.6. The molecule has 1 unspecified atom stereocenters. The van der Waals surface area contributed by atoms with E-state index in [1.54, 1.807) is 0 Å². The van der Waals surface area contributed by atoms with Gasteiger partial charge >= 0.3 is 17.9 Å². The Morgan fingerprint density at radius 1 is 0.323 bits per heavy atom. The summed E-state index contributed by atoms with van der Waals surface area (Å²) >= 11 is 0. The van der Waals surface area contributed by atoms with Gasteiger partial charge in [0.1, 0.15) is 13.2 Å². The maximum Gasteiger partial charge on any atom is 0.306 e. The third-order valence-corrected chi connectivity index (χ3v) is 11.1. The first kappa shape index (κ1) is 61.3. The van der Waals surface area contributed by atoms with Crippen molar-refractivity contribution in [1.82, 2.24) is 0 Å². The van der Waals surface area contributed by atoms with Gasteiger partial charge in [0, 0.05) is 19.3 Å². The van der Waals surface area contributed by atoms with E-state index in [1.165, 1.54) is 103 Å². The largest absolute Gasteiger partial charge is 0.462 e. The van der Waals surface area contributed by atoms with Crippen LogP contribution in [-0.2, 0) is 28.6 Å². The van der Waals surface area contributed by atoms with Crippen LogP contribution in [-0.4, -0.2) is 37.2 Å². The highest BCUT2D eigenvalue weighted by Gasteiger charge is 2.19. The van der Waals surface area contributed by atoms with Gasteiger partial charge in [-0.1, -0.05) is 227 Å². The molecular weight excluding hydrogens is 805 g/mol. The van der Waals surface area contributed by atoms with Crippen LogP contribution < -0.4 is 0 Å².